The molecule has 20 heavy (non-hydrogen) atoms. The second-order valence-corrected chi connectivity index (χ2v) is 5.55. The number of halogens is 2. The second-order valence-electron chi connectivity index (χ2n) is 5.12. The maximum absolute atomic E-state index is 13.7. The molecule has 0 heterocycles. The van der Waals surface area contributed by atoms with Crippen LogP contribution in [0.2, 0.25) is 5.02 Å². The van der Waals surface area contributed by atoms with Crippen LogP contribution >= 0.6 is 11.6 Å². The Morgan fingerprint density at radius 1 is 1.20 bits per heavy atom. The SMILES string of the molecule is N/C(=C\C(N)=C(/N)C1CCCC1)c1cc(Cl)ccc1F. The van der Waals surface area contributed by atoms with Gasteiger partial charge in [0.15, 0.2) is 0 Å². The number of nitrogens with two attached hydrogens (primary N) is 3. The molecule has 1 aromatic carbocycles. The number of rotatable bonds is 3. The van der Waals surface area contributed by atoms with Crippen molar-refractivity contribution in [1.29, 1.82) is 0 Å². The lowest BCUT2D eigenvalue weighted by molar-refractivity contribution is 0.623. The van der Waals surface area contributed by atoms with Gasteiger partial charge in [-0.1, -0.05) is 24.4 Å². The largest absolute Gasteiger partial charge is 0.400 e. The van der Waals surface area contributed by atoms with E-state index in [1.165, 1.54) is 37.1 Å². The summed E-state index contributed by atoms with van der Waals surface area (Å²) < 4.78 is 13.7. The van der Waals surface area contributed by atoms with Gasteiger partial charge >= 0.3 is 0 Å². The first-order valence-electron chi connectivity index (χ1n) is 6.66. The van der Waals surface area contributed by atoms with E-state index in [0.29, 0.717) is 22.3 Å². The molecule has 0 aromatic heterocycles. The Labute approximate surface area is 123 Å². The zero-order chi connectivity index (χ0) is 14.7. The third kappa shape index (κ3) is 3.25. The monoisotopic (exact) mass is 295 g/mol. The van der Waals surface area contributed by atoms with E-state index in [0.717, 1.165) is 12.8 Å². The third-order valence-corrected chi connectivity index (χ3v) is 3.91. The molecule has 6 N–H and O–H groups in total. The first kappa shape index (κ1) is 14.7. The van der Waals surface area contributed by atoms with Crippen LogP contribution in [-0.2, 0) is 0 Å². The number of hydrogen-bond acceptors (Lipinski definition) is 3. The molecule has 1 aliphatic carbocycles. The minimum absolute atomic E-state index is 0.225. The summed E-state index contributed by atoms with van der Waals surface area (Å²) in [6.45, 7) is 0. The van der Waals surface area contributed by atoms with Crippen molar-refractivity contribution in [3.8, 4) is 0 Å². The standard InChI is InChI=1S/C15H19ClFN3/c16-10-5-6-12(17)11(7-10)13(18)8-14(19)15(20)9-3-1-2-4-9/h5-9H,1-4,18-20H2/b13-8-,15-14+. The van der Waals surface area contributed by atoms with Crippen molar-refractivity contribution in [1.82, 2.24) is 0 Å². The summed E-state index contributed by atoms with van der Waals surface area (Å²) in [6, 6.07) is 4.22. The summed E-state index contributed by atoms with van der Waals surface area (Å²) in [7, 11) is 0. The Morgan fingerprint density at radius 2 is 1.85 bits per heavy atom. The summed E-state index contributed by atoms with van der Waals surface area (Å²) >= 11 is 5.85. The number of allylic oxidation sites excluding steroid dienone is 2. The zero-order valence-electron chi connectivity index (χ0n) is 11.2. The third-order valence-electron chi connectivity index (χ3n) is 3.68. The van der Waals surface area contributed by atoms with Crippen molar-refractivity contribution in [2.45, 2.75) is 25.7 Å². The van der Waals surface area contributed by atoms with Crippen molar-refractivity contribution in [2.75, 3.05) is 0 Å². The minimum atomic E-state index is -0.435. The summed E-state index contributed by atoms with van der Waals surface area (Å²) in [5, 5.41) is 0.420. The highest BCUT2D eigenvalue weighted by molar-refractivity contribution is 6.30. The van der Waals surface area contributed by atoms with E-state index in [9.17, 15) is 4.39 Å². The molecule has 1 fully saturated rings. The van der Waals surface area contributed by atoms with Crippen LogP contribution in [0.5, 0.6) is 0 Å². The Hall–Kier alpha value is -1.68. The predicted molar refractivity (Wildman–Crippen MR) is 80.9 cm³/mol. The maximum Gasteiger partial charge on any atom is 0.132 e. The van der Waals surface area contributed by atoms with Gasteiger partial charge in [0.2, 0.25) is 0 Å². The first-order valence-corrected chi connectivity index (χ1v) is 7.04. The normalized spacial score (nSPS) is 18.2. The lowest BCUT2D eigenvalue weighted by Gasteiger charge is -2.12. The van der Waals surface area contributed by atoms with Crippen LogP contribution in [0, 0.1) is 11.7 Å². The summed E-state index contributed by atoms with van der Waals surface area (Å²) in [5.41, 5.74) is 19.4. The molecular weight excluding hydrogens is 277 g/mol. The van der Waals surface area contributed by atoms with Crippen molar-refractivity contribution >= 4 is 17.3 Å². The Bertz CT molecular complexity index is 560. The van der Waals surface area contributed by atoms with Crippen LogP contribution in [-0.4, -0.2) is 0 Å². The van der Waals surface area contributed by atoms with Crippen LogP contribution in [0.15, 0.2) is 35.7 Å². The smallest absolute Gasteiger partial charge is 0.132 e. The van der Waals surface area contributed by atoms with Crippen molar-refractivity contribution in [3.63, 3.8) is 0 Å². The number of benzene rings is 1. The average molecular weight is 296 g/mol. The van der Waals surface area contributed by atoms with Gasteiger partial charge in [-0.15, -0.1) is 0 Å². The van der Waals surface area contributed by atoms with Crippen molar-refractivity contribution in [2.24, 2.45) is 23.1 Å². The molecule has 2 rings (SSSR count). The van der Waals surface area contributed by atoms with Gasteiger partial charge in [0.25, 0.3) is 0 Å². The van der Waals surface area contributed by atoms with Crippen LogP contribution in [0.25, 0.3) is 5.70 Å². The van der Waals surface area contributed by atoms with Gasteiger partial charge in [-0.05, 0) is 37.1 Å². The molecule has 0 atom stereocenters. The molecule has 0 aliphatic heterocycles. The van der Waals surface area contributed by atoms with Crippen LogP contribution < -0.4 is 17.2 Å². The summed E-state index contributed by atoms with van der Waals surface area (Å²) in [5.74, 6) is -0.126. The van der Waals surface area contributed by atoms with Gasteiger partial charge in [0.1, 0.15) is 5.82 Å². The van der Waals surface area contributed by atoms with Gasteiger partial charge in [-0.25, -0.2) is 4.39 Å². The highest BCUT2D eigenvalue weighted by atomic mass is 35.5. The fourth-order valence-electron chi connectivity index (χ4n) is 2.52. The lowest BCUT2D eigenvalue weighted by Crippen LogP contribution is -2.16. The highest BCUT2D eigenvalue weighted by Crippen LogP contribution is 2.30. The Balaban J connectivity index is 2.29. The first-order chi connectivity index (χ1) is 9.49. The van der Waals surface area contributed by atoms with Crippen molar-refractivity contribution < 1.29 is 4.39 Å². The molecule has 108 valence electrons. The number of hydrogen-bond donors (Lipinski definition) is 3. The van der Waals surface area contributed by atoms with Crippen LogP contribution in [0.3, 0.4) is 0 Å². The lowest BCUT2D eigenvalue weighted by atomic mass is 10.0. The van der Waals surface area contributed by atoms with Gasteiger partial charge in [0, 0.05) is 27.9 Å². The Morgan fingerprint density at radius 3 is 2.50 bits per heavy atom. The van der Waals surface area contributed by atoms with E-state index >= 15 is 0 Å². The molecule has 1 saturated carbocycles. The molecule has 0 radical (unpaired) electrons. The molecule has 0 saturated heterocycles. The van der Waals surface area contributed by atoms with Crippen LogP contribution in [0.4, 0.5) is 4.39 Å². The van der Waals surface area contributed by atoms with E-state index in [-0.39, 0.29) is 11.3 Å². The topological polar surface area (TPSA) is 78.1 Å². The van der Waals surface area contributed by atoms with Gasteiger partial charge in [0.05, 0.1) is 5.70 Å². The molecule has 1 aliphatic rings. The van der Waals surface area contributed by atoms with Crippen LogP contribution in [0.1, 0.15) is 31.2 Å². The summed E-state index contributed by atoms with van der Waals surface area (Å²) in [6.07, 6.45) is 5.95. The van der Waals surface area contributed by atoms with E-state index in [2.05, 4.69) is 0 Å². The molecule has 0 amide bonds. The fraction of sp³-hybridized carbons (Fsp3) is 0.333. The zero-order valence-corrected chi connectivity index (χ0v) is 12.0. The summed E-state index contributed by atoms with van der Waals surface area (Å²) in [4.78, 5) is 0. The molecule has 0 spiro atoms. The van der Waals surface area contributed by atoms with E-state index in [1.807, 2.05) is 0 Å². The van der Waals surface area contributed by atoms with E-state index in [1.54, 1.807) is 0 Å². The predicted octanol–water partition coefficient (Wildman–Crippen LogP) is 3.10. The molecular formula is C15H19ClFN3. The van der Waals surface area contributed by atoms with Crippen molar-refractivity contribution in [3.05, 3.63) is 52.1 Å². The maximum atomic E-state index is 13.7. The van der Waals surface area contributed by atoms with Gasteiger partial charge in [-0.3, -0.25) is 0 Å². The highest BCUT2D eigenvalue weighted by Gasteiger charge is 2.19. The molecule has 1 aromatic rings. The Kier molecular flexibility index (Phi) is 4.55. The molecule has 3 nitrogen and oxygen atoms in total. The molecule has 5 heteroatoms. The van der Waals surface area contributed by atoms with Gasteiger partial charge < -0.3 is 17.2 Å². The van der Waals surface area contributed by atoms with Gasteiger partial charge in [-0.2, -0.15) is 0 Å². The second kappa shape index (κ2) is 6.18. The fourth-order valence-corrected chi connectivity index (χ4v) is 2.69. The molecule has 0 bridgehead atoms. The minimum Gasteiger partial charge on any atom is -0.400 e. The quantitative estimate of drug-likeness (QED) is 0.750. The van der Waals surface area contributed by atoms with E-state index < -0.39 is 5.82 Å². The average Bonchev–Trinajstić information content (AvgIpc) is 2.94. The molecule has 0 unspecified atom stereocenters. The van der Waals surface area contributed by atoms with E-state index in [4.69, 9.17) is 28.8 Å².